The maximum Gasteiger partial charge on any atom is 0.253 e. The van der Waals surface area contributed by atoms with E-state index in [9.17, 15) is 4.79 Å². The second kappa shape index (κ2) is 5.89. The van der Waals surface area contributed by atoms with E-state index in [0.717, 1.165) is 11.3 Å². The monoisotopic (exact) mass is 310 g/mol. The van der Waals surface area contributed by atoms with E-state index in [1.54, 1.807) is 18.2 Å². The van der Waals surface area contributed by atoms with Gasteiger partial charge >= 0.3 is 0 Å². The van der Waals surface area contributed by atoms with Crippen molar-refractivity contribution in [2.75, 3.05) is 0 Å². The molecule has 0 saturated heterocycles. The fourth-order valence-electron chi connectivity index (χ4n) is 2.14. The topological polar surface area (TPSA) is 55.1 Å². The largest absolute Gasteiger partial charge is 0.361 e. The Balaban J connectivity index is 2.22. The molecule has 106 valence electrons. The number of rotatable bonds is 3. The van der Waals surface area contributed by atoms with Crippen LogP contribution < -0.4 is 5.32 Å². The summed E-state index contributed by atoms with van der Waals surface area (Å²) in [5.74, 6) is 0.447. The number of thiol groups is 1. The highest BCUT2D eigenvalue weighted by Crippen LogP contribution is 2.23. The summed E-state index contributed by atoms with van der Waals surface area (Å²) in [6.07, 6.45) is 0. The zero-order valence-electron chi connectivity index (χ0n) is 11.4. The maximum absolute atomic E-state index is 12.3. The number of hydrogen-bond donors (Lipinski definition) is 2. The minimum absolute atomic E-state index is 0.214. The van der Waals surface area contributed by atoms with E-state index in [1.165, 1.54) is 0 Å². The van der Waals surface area contributed by atoms with Crippen molar-refractivity contribution < 1.29 is 9.32 Å². The highest BCUT2D eigenvalue weighted by Gasteiger charge is 2.20. The third-order valence-electron chi connectivity index (χ3n) is 3.06. The number of hydrogen-bond acceptors (Lipinski definition) is 4. The third kappa shape index (κ3) is 2.99. The van der Waals surface area contributed by atoms with Crippen LogP contribution in [0.5, 0.6) is 0 Å². The van der Waals surface area contributed by atoms with Gasteiger partial charge in [0.25, 0.3) is 5.91 Å². The molecule has 1 amide bonds. The van der Waals surface area contributed by atoms with Gasteiger partial charge < -0.3 is 9.84 Å². The number of benzene rings is 1. The van der Waals surface area contributed by atoms with Crippen molar-refractivity contribution in [1.82, 2.24) is 10.5 Å². The first-order valence-electron chi connectivity index (χ1n) is 6.12. The van der Waals surface area contributed by atoms with Gasteiger partial charge in [0.15, 0.2) is 0 Å². The molecule has 2 aromatic rings. The van der Waals surface area contributed by atoms with E-state index in [2.05, 4.69) is 23.1 Å². The van der Waals surface area contributed by atoms with E-state index in [0.29, 0.717) is 21.2 Å². The van der Waals surface area contributed by atoms with Crippen LogP contribution in [0.3, 0.4) is 0 Å². The molecule has 1 heterocycles. The van der Waals surface area contributed by atoms with Crippen molar-refractivity contribution in [2.24, 2.45) is 0 Å². The van der Waals surface area contributed by atoms with Crippen molar-refractivity contribution in [3.05, 3.63) is 45.8 Å². The molecule has 0 bridgehead atoms. The molecule has 4 nitrogen and oxygen atoms in total. The minimum atomic E-state index is -0.251. The van der Waals surface area contributed by atoms with Gasteiger partial charge in [-0.1, -0.05) is 16.8 Å². The fourth-order valence-corrected chi connectivity index (χ4v) is 2.55. The van der Waals surface area contributed by atoms with Gasteiger partial charge in [-0.3, -0.25) is 4.79 Å². The molecule has 1 aromatic heterocycles. The second-order valence-corrected chi connectivity index (χ2v) is 5.52. The first-order chi connectivity index (χ1) is 9.40. The van der Waals surface area contributed by atoms with Gasteiger partial charge in [-0.05, 0) is 39.0 Å². The SMILES string of the molecule is Cc1noc(C)c1C(C)NC(=O)c1cc(S)ccc1Cl. The molecule has 0 aliphatic carbocycles. The molecule has 0 radical (unpaired) electrons. The molecule has 1 unspecified atom stereocenters. The minimum Gasteiger partial charge on any atom is -0.361 e. The summed E-state index contributed by atoms with van der Waals surface area (Å²) in [5.41, 5.74) is 2.05. The number of carbonyl (C=O) groups excluding carboxylic acids is 1. The number of aromatic nitrogens is 1. The van der Waals surface area contributed by atoms with Crippen LogP contribution in [0.25, 0.3) is 0 Å². The Morgan fingerprint density at radius 1 is 1.45 bits per heavy atom. The molecule has 0 aliphatic rings. The lowest BCUT2D eigenvalue weighted by molar-refractivity contribution is 0.0939. The zero-order valence-corrected chi connectivity index (χ0v) is 13.0. The van der Waals surface area contributed by atoms with Crippen LogP contribution in [0.1, 0.15) is 40.3 Å². The summed E-state index contributed by atoms with van der Waals surface area (Å²) in [7, 11) is 0. The van der Waals surface area contributed by atoms with Crippen molar-refractivity contribution in [1.29, 1.82) is 0 Å². The quantitative estimate of drug-likeness (QED) is 0.849. The van der Waals surface area contributed by atoms with Crippen molar-refractivity contribution >= 4 is 30.1 Å². The van der Waals surface area contributed by atoms with Crippen LogP contribution in [0, 0.1) is 13.8 Å². The normalized spacial score (nSPS) is 12.2. The Labute approximate surface area is 127 Å². The Morgan fingerprint density at radius 3 is 2.75 bits per heavy atom. The van der Waals surface area contributed by atoms with Gasteiger partial charge in [0.05, 0.1) is 22.3 Å². The number of amides is 1. The summed E-state index contributed by atoms with van der Waals surface area (Å²) in [6, 6.07) is 4.81. The van der Waals surface area contributed by atoms with Gasteiger partial charge in [-0.25, -0.2) is 0 Å². The number of carbonyl (C=O) groups is 1. The fraction of sp³-hybridized carbons (Fsp3) is 0.286. The van der Waals surface area contributed by atoms with Crippen LogP contribution in [-0.2, 0) is 0 Å². The van der Waals surface area contributed by atoms with Crippen molar-refractivity contribution in [3.63, 3.8) is 0 Å². The Kier molecular flexibility index (Phi) is 4.40. The first-order valence-corrected chi connectivity index (χ1v) is 6.94. The van der Waals surface area contributed by atoms with Gasteiger partial charge in [0, 0.05) is 10.5 Å². The smallest absolute Gasteiger partial charge is 0.253 e. The van der Waals surface area contributed by atoms with Gasteiger partial charge in [-0.15, -0.1) is 12.6 Å². The predicted octanol–water partition coefficient (Wildman–Crippen LogP) is 3.72. The molecule has 1 aromatic carbocycles. The summed E-state index contributed by atoms with van der Waals surface area (Å²) in [4.78, 5) is 13.0. The molecule has 0 aliphatic heterocycles. The molecule has 0 fully saturated rings. The summed E-state index contributed by atoms with van der Waals surface area (Å²) in [6.45, 7) is 5.54. The average Bonchev–Trinajstić information content (AvgIpc) is 2.71. The number of nitrogens with zero attached hydrogens (tertiary/aromatic N) is 1. The van der Waals surface area contributed by atoms with E-state index in [4.69, 9.17) is 16.1 Å². The Bertz CT molecular complexity index is 635. The van der Waals surface area contributed by atoms with E-state index in [1.807, 2.05) is 20.8 Å². The van der Waals surface area contributed by atoms with Crippen molar-refractivity contribution in [3.8, 4) is 0 Å². The number of halogens is 1. The predicted molar refractivity (Wildman–Crippen MR) is 80.6 cm³/mol. The van der Waals surface area contributed by atoms with Crippen LogP contribution in [0.4, 0.5) is 0 Å². The molecule has 2 rings (SSSR count). The van der Waals surface area contributed by atoms with Gasteiger partial charge in [0.2, 0.25) is 0 Å². The summed E-state index contributed by atoms with van der Waals surface area (Å²) < 4.78 is 5.11. The van der Waals surface area contributed by atoms with Crippen LogP contribution in [0.2, 0.25) is 5.02 Å². The summed E-state index contributed by atoms with van der Waals surface area (Å²) in [5, 5.41) is 7.17. The Hall–Kier alpha value is -1.46. The van der Waals surface area contributed by atoms with E-state index >= 15 is 0 Å². The highest BCUT2D eigenvalue weighted by molar-refractivity contribution is 7.80. The molecule has 20 heavy (non-hydrogen) atoms. The molecule has 0 spiro atoms. The molecule has 1 N–H and O–H groups in total. The average molecular weight is 311 g/mol. The molecule has 1 atom stereocenters. The third-order valence-corrected chi connectivity index (χ3v) is 3.67. The van der Waals surface area contributed by atoms with Gasteiger partial charge in [0.1, 0.15) is 5.76 Å². The maximum atomic E-state index is 12.3. The second-order valence-electron chi connectivity index (χ2n) is 4.60. The lowest BCUT2D eigenvalue weighted by atomic mass is 10.1. The zero-order chi connectivity index (χ0) is 14.9. The van der Waals surface area contributed by atoms with Crippen molar-refractivity contribution in [2.45, 2.75) is 31.7 Å². The standard InChI is InChI=1S/C14H15ClN2O2S/c1-7(13-8(2)17-19-9(13)3)16-14(18)11-6-10(20)4-5-12(11)15/h4-7,20H,1-3H3,(H,16,18). The lowest BCUT2D eigenvalue weighted by Gasteiger charge is -2.14. The van der Waals surface area contributed by atoms with E-state index in [-0.39, 0.29) is 11.9 Å². The molecular weight excluding hydrogens is 296 g/mol. The van der Waals surface area contributed by atoms with Crippen LogP contribution >= 0.6 is 24.2 Å². The Morgan fingerprint density at radius 2 is 2.15 bits per heavy atom. The van der Waals surface area contributed by atoms with Crippen LogP contribution in [0.15, 0.2) is 27.6 Å². The molecule has 0 saturated carbocycles. The number of nitrogens with one attached hydrogen (secondary N) is 1. The first kappa shape index (κ1) is 14.9. The molecular formula is C14H15ClN2O2S. The van der Waals surface area contributed by atoms with E-state index < -0.39 is 0 Å². The molecule has 6 heteroatoms. The van der Waals surface area contributed by atoms with Crippen LogP contribution in [-0.4, -0.2) is 11.1 Å². The highest BCUT2D eigenvalue weighted by atomic mass is 35.5. The lowest BCUT2D eigenvalue weighted by Crippen LogP contribution is -2.27. The van der Waals surface area contributed by atoms with Gasteiger partial charge in [-0.2, -0.15) is 0 Å². The number of aryl methyl sites for hydroxylation is 2. The summed E-state index contributed by atoms with van der Waals surface area (Å²) >= 11 is 10.3.